The second kappa shape index (κ2) is 9.25. The van der Waals surface area contributed by atoms with Crippen LogP contribution in [-0.2, 0) is 20.5 Å². The van der Waals surface area contributed by atoms with Gasteiger partial charge in [-0.1, -0.05) is 23.9 Å². The molecule has 0 saturated carbocycles. The van der Waals surface area contributed by atoms with E-state index in [1.807, 2.05) is 24.3 Å². The Hall–Kier alpha value is -2.36. The number of esters is 1. The van der Waals surface area contributed by atoms with Crippen LogP contribution in [0.3, 0.4) is 0 Å². The SMILES string of the molecule is COC(=O)c1cccc(CSc2nc3cc(S(=O)(=O)N4CCCC4)ccc3n2C(C)C)c1. The molecular formula is C23H27N3O4S2. The normalized spacial score (nSPS) is 15.0. The Morgan fingerprint density at radius 2 is 1.91 bits per heavy atom. The molecule has 170 valence electrons. The number of imidazole rings is 1. The zero-order valence-electron chi connectivity index (χ0n) is 18.4. The number of fused-ring (bicyclic) bond motifs is 1. The third kappa shape index (κ3) is 4.42. The van der Waals surface area contributed by atoms with E-state index in [0.717, 1.165) is 29.1 Å². The van der Waals surface area contributed by atoms with Crippen molar-refractivity contribution in [3.8, 4) is 0 Å². The van der Waals surface area contributed by atoms with E-state index in [9.17, 15) is 13.2 Å². The van der Waals surface area contributed by atoms with Crippen LogP contribution in [0, 0.1) is 0 Å². The molecule has 1 aromatic heterocycles. The Bertz CT molecular complexity index is 1250. The third-order valence-corrected chi connectivity index (χ3v) is 8.48. The number of thioether (sulfide) groups is 1. The van der Waals surface area contributed by atoms with Gasteiger partial charge in [0.2, 0.25) is 10.0 Å². The van der Waals surface area contributed by atoms with E-state index in [-0.39, 0.29) is 12.0 Å². The fourth-order valence-electron chi connectivity index (χ4n) is 3.95. The highest BCUT2D eigenvalue weighted by molar-refractivity contribution is 7.98. The molecule has 0 aliphatic carbocycles. The summed E-state index contributed by atoms with van der Waals surface area (Å²) in [5.41, 5.74) is 3.08. The van der Waals surface area contributed by atoms with E-state index in [1.54, 1.807) is 34.3 Å². The van der Waals surface area contributed by atoms with Gasteiger partial charge in [0.15, 0.2) is 5.16 Å². The maximum Gasteiger partial charge on any atom is 0.337 e. The summed E-state index contributed by atoms with van der Waals surface area (Å²) in [6.45, 7) is 5.31. The summed E-state index contributed by atoms with van der Waals surface area (Å²) in [6.07, 6.45) is 1.81. The molecule has 1 aliphatic rings. The Kier molecular flexibility index (Phi) is 6.60. The smallest absolute Gasteiger partial charge is 0.337 e. The Morgan fingerprint density at radius 1 is 1.16 bits per heavy atom. The minimum absolute atomic E-state index is 0.157. The Balaban J connectivity index is 1.64. The van der Waals surface area contributed by atoms with Gasteiger partial charge in [0.1, 0.15) is 0 Å². The number of sulfonamides is 1. The summed E-state index contributed by atoms with van der Waals surface area (Å²) in [5.74, 6) is 0.262. The lowest BCUT2D eigenvalue weighted by Gasteiger charge is -2.16. The highest BCUT2D eigenvalue weighted by atomic mass is 32.2. The van der Waals surface area contributed by atoms with E-state index >= 15 is 0 Å². The van der Waals surface area contributed by atoms with Crippen LogP contribution < -0.4 is 0 Å². The molecule has 3 aromatic rings. The Labute approximate surface area is 192 Å². The van der Waals surface area contributed by atoms with Crippen LogP contribution in [0.4, 0.5) is 0 Å². The molecule has 1 saturated heterocycles. The average molecular weight is 474 g/mol. The maximum atomic E-state index is 13.0. The number of aromatic nitrogens is 2. The fraction of sp³-hybridized carbons (Fsp3) is 0.391. The van der Waals surface area contributed by atoms with Crippen molar-refractivity contribution >= 4 is 38.8 Å². The van der Waals surface area contributed by atoms with Crippen molar-refractivity contribution in [1.82, 2.24) is 13.9 Å². The summed E-state index contributed by atoms with van der Waals surface area (Å²) in [7, 11) is -2.12. The average Bonchev–Trinajstić information content (AvgIpc) is 3.45. The van der Waals surface area contributed by atoms with E-state index < -0.39 is 10.0 Å². The number of nitrogens with zero attached hydrogens (tertiary/aromatic N) is 3. The highest BCUT2D eigenvalue weighted by Gasteiger charge is 2.28. The second-order valence-corrected chi connectivity index (χ2v) is 11.0. The minimum atomic E-state index is -3.49. The van der Waals surface area contributed by atoms with Crippen molar-refractivity contribution in [3.05, 3.63) is 53.6 Å². The molecule has 0 bridgehead atoms. The van der Waals surface area contributed by atoms with Crippen molar-refractivity contribution in [2.75, 3.05) is 20.2 Å². The molecule has 32 heavy (non-hydrogen) atoms. The second-order valence-electron chi connectivity index (χ2n) is 8.10. The molecule has 0 radical (unpaired) electrons. The third-order valence-electron chi connectivity index (χ3n) is 5.56. The van der Waals surface area contributed by atoms with Crippen molar-refractivity contribution in [1.29, 1.82) is 0 Å². The number of carbonyl (C=O) groups is 1. The first-order valence-corrected chi connectivity index (χ1v) is 13.1. The number of benzene rings is 2. The van der Waals surface area contributed by atoms with Crippen LogP contribution in [0.15, 0.2) is 52.5 Å². The molecule has 0 N–H and O–H groups in total. The topological polar surface area (TPSA) is 81.5 Å². The van der Waals surface area contributed by atoms with Crippen molar-refractivity contribution < 1.29 is 17.9 Å². The van der Waals surface area contributed by atoms with Crippen LogP contribution in [0.5, 0.6) is 0 Å². The van der Waals surface area contributed by atoms with E-state index in [1.165, 1.54) is 7.11 Å². The number of hydrogen-bond donors (Lipinski definition) is 0. The predicted molar refractivity (Wildman–Crippen MR) is 125 cm³/mol. The first kappa shape index (κ1) is 22.8. The molecular weight excluding hydrogens is 446 g/mol. The van der Waals surface area contributed by atoms with Gasteiger partial charge in [-0.3, -0.25) is 0 Å². The first-order chi connectivity index (χ1) is 15.3. The summed E-state index contributed by atoms with van der Waals surface area (Å²) < 4.78 is 34.4. The van der Waals surface area contributed by atoms with Crippen LogP contribution in [0.2, 0.25) is 0 Å². The lowest BCUT2D eigenvalue weighted by molar-refractivity contribution is 0.0600. The zero-order chi connectivity index (χ0) is 22.9. The number of carbonyl (C=O) groups excluding carboxylic acids is 1. The standard InChI is InChI=1S/C23H27N3O4S2/c1-16(2)26-21-10-9-19(32(28,29)25-11-4-5-12-25)14-20(21)24-23(26)31-15-17-7-6-8-18(13-17)22(27)30-3/h6-10,13-14,16H,4-5,11-12,15H2,1-3H3. The molecule has 4 rings (SSSR count). The van der Waals surface area contributed by atoms with E-state index in [2.05, 4.69) is 18.4 Å². The summed E-state index contributed by atoms with van der Waals surface area (Å²) in [4.78, 5) is 16.9. The fourth-order valence-corrected chi connectivity index (χ4v) is 6.57. The first-order valence-electron chi connectivity index (χ1n) is 10.6. The van der Waals surface area contributed by atoms with Gasteiger partial charge < -0.3 is 9.30 Å². The van der Waals surface area contributed by atoms with Crippen molar-refractivity contribution in [3.63, 3.8) is 0 Å². The summed E-state index contributed by atoms with van der Waals surface area (Å²) in [5, 5.41) is 0.814. The highest BCUT2D eigenvalue weighted by Crippen LogP contribution is 2.32. The van der Waals surface area contributed by atoms with Gasteiger partial charge in [-0.05, 0) is 62.6 Å². The predicted octanol–water partition coefficient (Wildman–Crippen LogP) is 4.48. The molecule has 0 unspecified atom stereocenters. The van der Waals surface area contributed by atoms with Gasteiger partial charge in [-0.15, -0.1) is 0 Å². The summed E-state index contributed by atoms with van der Waals surface area (Å²) in [6, 6.07) is 12.7. The van der Waals surface area contributed by atoms with Gasteiger partial charge in [-0.25, -0.2) is 18.2 Å². The molecule has 1 fully saturated rings. The quantitative estimate of drug-likeness (QED) is 0.372. The van der Waals surface area contributed by atoms with Crippen LogP contribution in [0.1, 0.15) is 48.7 Å². The van der Waals surface area contributed by atoms with Crippen LogP contribution in [-0.4, -0.2) is 48.4 Å². The van der Waals surface area contributed by atoms with Gasteiger partial charge in [0, 0.05) is 24.9 Å². The zero-order valence-corrected chi connectivity index (χ0v) is 20.1. The number of rotatable bonds is 7. The Morgan fingerprint density at radius 3 is 2.59 bits per heavy atom. The maximum absolute atomic E-state index is 13.0. The van der Waals surface area contributed by atoms with Gasteiger partial charge >= 0.3 is 5.97 Å². The van der Waals surface area contributed by atoms with Gasteiger partial charge in [0.25, 0.3) is 0 Å². The monoisotopic (exact) mass is 473 g/mol. The van der Waals surface area contributed by atoms with Gasteiger partial charge in [0.05, 0.1) is 28.6 Å². The van der Waals surface area contributed by atoms with Crippen LogP contribution in [0.25, 0.3) is 11.0 Å². The molecule has 9 heteroatoms. The molecule has 7 nitrogen and oxygen atoms in total. The molecule has 1 aliphatic heterocycles. The lowest BCUT2D eigenvalue weighted by atomic mass is 10.1. The van der Waals surface area contributed by atoms with Crippen LogP contribution >= 0.6 is 11.8 Å². The molecule has 2 heterocycles. The van der Waals surface area contributed by atoms with E-state index in [4.69, 9.17) is 9.72 Å². The molecule has 0 amide bonds. The van der Waals surface area contributed by atoms with Crippen molar-refractivity contribution in [2.24, 2.45) is 0 Å². The van der Waals surface area contributed by atoms with Crippen molar-refractivity contribution in [2.45, 2.75) is 48.5 Å². The summed E-state index contributed by atoms with van der Waals surface area (Å²) >= 11 is 1.56. The minimum Gasteiger partial charge on any atom is -0.465 e. The molecule has 2 aromatic carbocycles. The van der Waals surface area contributed by atoms with Gasteiger partial charge in [-0.2, -0.15) is 4.31 Å². The lowest BCUT2D eigenvalue weighted by Crippen LogP contribution is -2.27. The molecule has 0 spiro atoms. The van der Waals surface area contributed by atoms with E-state index in [0.29, 0.717) is 34.8 Å². The largest absolute Gasteiger partial charge is 0.465 e. The molecule has 0 atom stereocenters. The number of ether oxygens (including phenoxy) is 1. The number of methoxy groups -OCH3 is 1. The number of hydrogen-bond acceptors (Lipinski definition) is 6.